The van der Waals surface area contributed by atoms with Crippen LogP contribution >= 0.6 is 0 Å². The number of hydrogen-bond acceptors (Lipinski definition) is 4. The summed E-state index contributed by atoms with van der Waals surface area (Å²) in [5, 5.41) is 0. The second kappa shape index (κ2) is 6.37. The van der Waals surface area contributed by atoms with E-state index in [9.17, 15) is 21.6 Å². The van der Waals surface area contributed by atoms with Crippen molar-refractivity contribution in [3.8, 4) is 11.5 Å². The summed E-state index contributed by atoms with van der Waals surface area (Å²) in [6.07, 6.45) is -4.90. The van der Waals surface area contributed by atoms with Crippen LogP contribution in [0.1, 0.15) is 0 Å². The zero-order valence-corrected chi connectivity index (χ0v) is 12.6. The lowest BCUT2D eigenvalue weighted by molar-refractivity contribution is -0.274. The molecule has 0 unspecified atom stereocenters. The van der Waals surface area contributed by atoms with Crippen LogP contribution in [-0.4, -0.2) is 21.9 Å². The van der Waals surface area contributed by atoms with E-state index in [1.54, 1.807) is 12.1 Å². The number of nitrogens with one attached hydrogen (secondary N) is 1. The first-order valence-electron chi connectivity index (χ1n) is 6.22. The SMILES string of the molecule is COc1ccc(NS(=O)(=O)c2cccc(OC(F)(F)F)c2)cc1. The van der Waals surface area contributed by atoms with Gasteiger partial charge in [-0.3, -0.25) is 4.72 Å². The maximum atomic E-state index is 12.2. The third-order valence-electron chi connectivity index (χ3n) is 2.69. The molecule has 0 fully saturated rings. The molecule has 0 heterocycles. The van der Waals surface area contributed by atoms with E-state index >= 15 is 0 Å². The molecule has 0 saturated heterocycles. The standard InChI is InChI=1S/C14H12F3NO4S/c1-21-11-7-5-10(6-8-11)18-23(19,20)13-4-2-3-12(9-13)22-14(15,16)17/h2-9,18H,1H3. The highest BCUT2D eigenvalue weighted by Crippen LogP contribution is 2.26. The monoisotopic (exact) mass is 347 g/mol. The molecule has 0 aliphatic rings. The van der Waals surface area contributed by atoms with E-state index in [2.05, 4.69) is 9.46 Å². The van der Waals surface area contributed by atoms with Crippen LogP contribution in [-0.2, 0) is 10.0 Å². The van der Waals surface area contributed by atoms with Gasteiger partial charge in [-0.2, -0.15) is 0 Å². The quantitative estimate of drug-likeness (QED) is 0.900. The van der Waals surface area contributed by atoms with Crippen LogP contribution in [0.4, 0.5) is 18.9 Å². The molecule has 0 bridgehead atoms. The number of hydrogen-bond donors (Lipinski definition) is 1. The van der Waals surface area contributed by atoms with Crippen LogP contribution in [0.3, 0.4) is 0 Å². The summed E-state index contributed by atoms with van der Waals surface area (Å²) in [5.41, 5.74) is 0.243. The Balaban J connectivity index is 2.23. The molecule has 0 saturated carbocycles. The van der Waals surface area contributed by atoms with Crippen molar-refractivity contribution in [3.05, 3.63) is 48.5 Å². The first-order chi connectivity index (χ1) is 10.7. The average molecular weight is 347 g/mol. The molecule has 2 aromatic carbocycles. The fourth-order valence-electron chi connectivity index (χ4n) is 1.71. The van der Waals surface area contributed by atoms with E-state index in [1.807, 2.05) is 0 Å². The third kappa shape index (κ3) is 4.78. The second-order valence-corrected chi connectivity index (χ2v) is 6.04. The summed E-state index contributed by atoms with van der Waals surface area (Å²) in [7, 11) is -2.59. The minimum atomic E-state index is -4.90. The third-order valence-corrected chi connectivity index (χ3v) is 4.07. The number of alkyl halides is 3. The van der Waals surface area contributed by atoms with Crippen LogP contribution in [0, 0.1) is 0 Å². The molecule has 0 aromatic heterocycles. The predicted molar refractivity (Wildman–Crippen MR) is 76.9 cm³/mol. The van der Waals surface area contributed by atoms with Gasteiger partial charge >= 0.3 is 6.36 Å². The Morgan fingerprint density at radius 3 is 2.22 bits per heavy atom. The fourth-order valence-corrected chi connectivity index (χ4v) is 2.80. The summed E-state index contributed by atoms with van der Waals surface area (Å²) in [4.78, 5) is -0.352. The summed E-state index contributed by atoms with van der Waals surface area (Å²) >= 11 is 0. The average Bonchev–Trinajstić information content (AvgIpc) is 2.46. The van der Waals surface area contributed by atoms with Crippen LogP contribution in [0.15, 0.2) is 53.4 Å². The van der Waals surface area contributed by atoms with Crippen molar-refractivity contribution < 1.29 is 31.1 Å². The molecule has 23 heavy (non-hydrogen) atoms. The topological polar surface area (TPSA) is 64.6 Å². The zero-order valence-electron chi connectivity index (χ0n) is 11.8. The largest absolute Gasteiger partial charge is 0.573 e. The van der Waals surface area contributed by atoms with Crippen molar-refractivity contribution in [2.45, 2.75) is 11.3 Å². The molecule has 124 valence electrons. The van der Waals surface area contributed by atoms with Crippen molar-refractivity contribution >= 4 is 15.7 Å². The summed E-state index contributed by atoms with van der Waals surface area (Å²) in [6, 6.07) is 10.1. The summed E-state index contributed by atoms with van der Waals surface area (Å²) in [5.74, 6) is -0.0800. The minimum Gasteiger partial charge on any atom is -0.497 e. The van der Waals surface area contributed by atoms with Crippen molar-refractivity contribution in [1.82, 2.24) is 0 Å². The predicted octanol–water partition coefficient (Wildman–Crippen LogP) is 3.39. The first-order valence-corrected chi connectivity index (χ1v) is 7.71. The minimum absolute atomic E-state index is 0.243. The lowest BCUT2D eigenvalue weighted by Gasteiger charge is -2.12. The van der Waals surface area contributed by atoms with E-state index in [1.165, 1.54) is 19.2 Å². The molecular weight excluding hydrogens is 335 g/mol. The van der Waals surface area contributed by atoms with Gasteiger partial charge in [0, 0.05) is 11.8 Å². The van der Waals surface area contributed by atoms with Gasteiger partial charge in [-0.15, -0.1) is 13.2 Å². The lowest BCUT2D eigenvalue weighted by atomic mass is 10.3. The number of halogens is 3. The second-order valence-electron chi connectivity index (χ2n) is 4.36. The molecule has 0 atom stereocenters. The van der Waals surface area contributed by atoms with Crippen molar-refractivity contribution in [3.63, 3.8) is 0 Å². The molecule has 2 aromatic rings. The number of sulfonamides is 1. The van der Waals surface area contributed by atoms with Crippen LogP contribution in [0.25, 0.3) is 0 Å². The number of anilines is 1. The first kappa shape index (κ1) is 16.9. The highest BCUT2D eigenvalue weighted by Gasteiger charge is 2.31. The normalized spacial score (nSPS) is 11.8. The van der Waals surface area contributed by atoms with Gasteiger partial charge in [-0.1, -0.05) is 6.07 Å². The van der Waals surface area contributed by atoms with Gasteiger partial charge in [0.25, 0.3) is 10.0 Å². The van der Waals surface area contributed by atoms with Crippen LogP contribution in [0.5, 0.6) is 11.5 Å². The Morgan fingerprint density at radius 1 is 1.00 bits per heavy atom. The fraction of sp³-hybridized carbons (Fsp3) is 0.143. The van der Waals surface area contributed by atoms with Gasteiger partial charge in [0.05, 0.1) is 12.0 Å². The Bertz CT molecular complexity index is 773. The Morgan fingerprint density at radius 2 is 1.65 bits per heavy atom. The van der Waals surface area contributed by atoms with E-state index in [4.69, 9.17) is 4.74 Å². The molecule has 2 rings (SSSR count). The highest BCUT2D eigenvalue weighted by molar-refractivity contribution is 7.92. The molecule has 9 heteroatoms. The number of benzene rings is 2. The van der Waals surface area contributed by atoms with Crippen molar-refractivity contribution in [1.29, 1.82) is 0 Å². The number of rotatable bonds is 5. The Kier molecular flexibility index (Phi) is 4.69. The zero-order chi connectivity index (χ0) is 17.1. The van der Waals surface area contributed by atoms with Gasteiger partial charge < -0.3 is 9.47 Å². The number of ether oxygens (including phenoxy) is 2. The lowest BCUT2D eigenvalue weighted by Crippen LogP contribution is -2.18. The maximum absolute atomic E-state index is 12.2. The smallest absolute Gasteiger partial charge is 0.497 e. The van der Waals surface area contributed by atoms with Gasteiger partial charge in [0.2, 0.25) is 0 Å². The molecule has 1 N–H and O–H groups in total. The van der Waals surface area contributed by atoms with Crippen molar-refractivity contribution in [2.24, 2.45) is 0 Å². The van der Waals surface area contributed by atoms with E-state index in [0.29, 0.717) is 5.75 Å². The van der Waals surface area contributed by atoms with Crippen molar-refractivity contribution in [2.75, 3.05) is 11.8 Å². The Labute approximate surface area is 130 Å². The van der Waals surface area contributed by atoms with Gasteiger partial charge in [0.1, 0.15) is 11.5 Å². The molecule has 0 aliphatic carbocycles. The molecule has 0 spiro atoms. The Hall–Kier alpha value is -2.42. The van der Waals surface area contributed by atoms with Gasteiger partial charge in [0.15, 0.2) is 0 Å². The van der Waals surface area contributed by atoms with E-state index in [0.717, 1.165) is 24.3 Å². The van der Waals surface area contributed by atoms with Gasteiger partial charge in [-0.05, 0) is 36.4 Å². The molecule has 0 amide bonds. The highest BCUT2D eigenvalue weighted by atomic mass is 32.2. The van der Waals surface area contributed by atoms with E-state index in [-0.39, 0.29) is 10.6 Å². The maximum Gasteiger partial charge on any atom is 0.573 e. The van der Waals surface area contributed by atoms with Crippen LogP contribution < -0.4 is 14.2 Å². The molecular formula is C14H12F3NO4S. The molecule has 0 aliphatic heterocycles. The van der Waals surface area contributed by atoms with E-state index < -0.39 is 22.1 Å². The molecule has 0 radical (unpaired) electrons. The van der Waals surface area contributed by atoms with Crippen LogP contribution in [0.2, 0.25) is 0 Å². The van der Waals surface area contributed by atoms with Gasteiger partial charge in [-0.25, -0.2) is 8.42 Å². The summed E-state index contributed by atoms with van der Waals surface area (Å²) < 4.78 is 71.9. The molecule has 5 nitrogen and oxygen atoms in total. The summed E-state index contributed by atoms with van der Waals surface area (Å²) in [6.45, 7) is 0. The number of methoxy groups -OCH3 is 1.